The SMILES string of the molecule is Cc1csc(CN)c1S(=O)(=O)NC1CCN(C)C1. The maximum absolute atomic E-state index is 12.4. The number of nitrogens with zero attached hydrogens (tertiary/aromatic N) is 1. The molecule has 0 aliphatic carbocycles. The average Bonchev–Trinajstić information content (AvgIpc) is 2.84. The first-order chi connectivity index (χ1) is 8.44. The molecule has 1 saturated heterocycles. The number of nitrogens with one attached hydrogen (secondary N) is 1. The van der Waals surface area contributed by atoms with Crippen molar-refractivity contribution in [2.24, 2.45) is 5.73 Å². The van der Waals surface area contributed by atoms with Gasteiger partial charge in [-0.25, -0.2) is 13.1 Å². The van der Waals surface area contributed by atoms with Crippen molar-refractivity contribution < 1.29 is 8.42 Å². The molecule has 1 aromatic heterocycles. The van der Waals surface area contributed by atoms with Crippen LogP contribution in [0, 0.1) is 6.92 Å². The molecule has 2 rings (SSSR count). The van der Waals surface area contributed by atoms with Crippen molar-refractivity contribution in [3.63, 3.8) is 0 Å². The van der Waals surface area contributed by atoms with Crippen LogP contribution in [-0.2, 0) is 16.6 Å². The molecule has 18 heavy (non-hydrogen) atoms. The van der Waals surface area contributed by atoms with E-state index in [0.29, 0.717) is 4.90 Å². The van der Waals surface area contributed by atoms with E-state index in [1.807, 2.05) is 19.4 Å². The summed E-state index contributed by atoms with van der Waals surface area (Å²) < 4.78 is 27.5. The van der Waals surface area contributed by atoms with Crippen LogP contribution in [0.15, 0.2) is 10.3 Å². The van der Waals surface area contributed by atoms with Crippen molar-refractivity contribution in [3.05, 3.63) is 15.8 Å². The van der Waals surface area contributed by atoms with Gasteiger partial charge in [0, 0.05) is 24.0 Å². The minimum absolute atomic E-state index is 0.00456. The molecule has 3 N–H and O–H groups in total. The van der Waals surface area contributed by atoms with Gasteiger partial charge in [0.15, 0.2) is 0 Å². The van der Waals surface area contributed by atoms with Gasteiger partial charge in [0.25, 0.3) is 0 Å². The van der Waals surface area contributed by atoms with Crippen LogP contribution in [0.5, 0.6) is 0 Å². The monoisotopic (exact) mass is 289 g/mol. The normalized spacial score (nSPS) is 21.6. The van der Waals surface area contributed by atoms with Crippen LogP contribution < -0.4 is 10.5 Å². The quantitative estimate of drug-likeness (QED) is 0.846. The molecule has 1 aliphatic rings. The van der Waals surface area contributed by atoms with Crippen molar-refractivity contribution in [2.75, 3.05) is 20.1 Å². The number of thiophene rings is 1. The highest BCUT2D eigenvalue weighted by Crippen LogP contribution is 2.27. The number of likely N-dealkylation sites (tertiary alicyclic amines) is 1. The zero-order chi connectivity index (χ0) is 13.3. The van der Waals surface area contributed by atoms with Crippen molar-refractivity contribution in [2.45, 2.75) is 30.8 Å². The first-order valence-corrected chi connectivity index (χ1v) is 8.28. The van der Waals surface area contributed by atoms with Gasteiger partial charge in [-0.3, -0.25) is 0 Å². The molecule has 7 heteroatoms. The van der Waals surface area contributed by atoms with E-state index in [0.717, 1.165) is 30.0 Å². The molecule has 1 aromatic rings. The van der Waals surface area contributed by atoms with Crippen molar-refractivity contribution in [1.29, 1.82) is 0 Å². The predicted octanol–water partition coefficient (Wildman–Crippen LogP) is 0.498. The number of rotatable bonds is 4. The van der Waals surface area contributed by atoms with Crippen molar-refractivity contribution in [3.8, 4) is 0 Å². The Morgan fingerprint density at radius 1 is 1.61 bits per heavy atom. The summed E-state index contributed by atoms with van der Waals surface area (Å²) >= 11 is 1.41. The first-order valence-electron chi connectivity index (χ1n) is 5.92. The van der Waals surface area contributed by atoms with Gasteiger partial charge in [-0.05, 0) is 37.9 Å². The standard InChI is InChI=1S/C11H19N3O2S2/c1-8-7-17-10(5-12)11(8)18(15,16)13-9-3-4-14(2)6-9/h7,9,13H,3-6,12H2,1-2H3. The van der Waals surface area contributed by atoms with E-state index >= 15 is 0 Å². The van der Waals surface area contributed by atoms with E-state index in [-0.39, 0.29) is 12.6 Å². The molecule has 102 valence electrons. The van der Waals surface area contributed by atoms with Gasteiger partial charge in [0.2, 0.25) is 10.0 Å². The Morgan fingerprint density at radius 2 is 2.33 bits per heavy atom. The molecule has 2 heterocycles. The summed E-state index contributed by atoms with van der Waals surface area (Å²) in [6.07, 6.45) is 0.858. The third-order valence-electron chi connectivity index (χ3n) is 3.16. The number of sulfonamides is 1. The Kier molecular flexibility index (Phi) is 4.08. The highest BCUT2D eigenvalue weighted by atomic mass is 32.2. The Hall–Kier alpha value is -0.470. The van der Waals surface area contributed by atoms with E-state index in [9.17, 15) is 8.42 Å². The summed E-state index contributed by atoms with van der Waals surface area (Å²) in [4.78, 5) is 3.23. The highest BCUT2D eigenvalue weighted by Gasteiger charge is 2.28. The molecule has 0 spiro atoms. The molecule has 0 amide bonds. The lowest BCUT2D eigenvalue weighted by Gasteiger charge is -2.14. The maximum Gasteiger partial charge on any atom is 0.242 e. The summed E-state index contributed by atoms with van der Waals surface area (Å²) in [7, 11) is -1.45. The highest BCUT2D eigenvalue weighted by molar-refractivity contribution is 7.89. The summed E-state index contributed by atoms with van der Waals surface area (Å²) in [6, 6.07) is 0.00456. The largest absolute Gasteiger partial charge is 0.326 e. The van der Waals surface area contributed by atoms with Gasteiger partial charge in [-0.1, -0.05) is 0 Å². The molecule has 0 radical (unpaired) electrons. The van der Waals surface area contributed by atoms with Crippen molar-refractivity contribution >= 4 is 21.4 Å². The Balaban J connectivity index is 2.22. The molecule has 0 saturated carbocycles. The fraction of sp³-hybridized carbons (Fsp3) is 0.636. The fourth-order valence-corrected chi connectivity index (χ4v) is 5.26. The van der Waals surface area contributed by atoms with Crippen LogP contribution in [0.4, 0.5) is 0 Å². The predicted molar refractivity (Wildman–Crippen MR) is 73.2 cm³/mol. The van der Waals surface area contributed by atoms with E-state index in [2.05, 4.69) is 9.62 Å². The second kappa shape index (κ2) is 5.26. The molecular formula is C11H19N3O2S2. The molecule has 5 nitrogen and oxygen atoms in total. The van der Waals surface area contributed by atoms with Crippen LogP contribution in [0.2, 0.25) is 0 Å². The van der Waals surface area contributed by atoms with Crippen LogP contribution >= 0.6 is 11.3 Å². The van der Waals surface area contributed by atoms with E-state index in [1.165, 1.54) is 11.3 Å². The Bertz CT molecular complexity index is 524. The summed E-state index contributed by atoms with van der Waals surface area (Å²) in [5.41, 5.74) is 6.38. The average molecular weight is 289 g/mol. The van der Waals surface area contributed by atoms with E-state index < -0.39 is 10.0 Å². The third-order valence-corrected chi connectivity index (χ3v) is 6.16. The number of nitrogens with two attached hydrogens (primary N) is 1. The third kappa shape index (κ3) is 2.75. The van der Waals surface area contributed by atoms with Gasteiger partial charge in [0.05, 0.1) is 0 Å². The second-order valence-electron chi connectivity index (χ2n) is 4.74. The molecule has 1 unspecified atom stereocenters. The topological polar surface area (TPSA) is 75.4 Å². The van der Waals surface area contributed by atoms with Gasteiger partial charge in [-0.15, -0.1) is 11.3 Å². The number of hydrogen-bond acceptors (Lipinski definition) is 5. The zero-order valence-electron chi connectivity index (χ0n) is 10.6. The van der Waals surface area contributed by atoms with Crippen LogP contribution in [0.3, 0.4) is 0 Å². The van der Waals surface area contributed by atoms with Gasteiger partial charge in [0.1, 0.15) is 4.90 Å². The first kappa shape index (κ1) is 14.0. The Morgan fingerprint density at radius 3 is 2.89 bits per heavy atom. The van der Waals surface area contributed by atoms with Crippen LogP contribution in [0.25, 0.3) is 0 Å². The lowest BCUT2D eigenvalue weighted by atomic mass is 10.3. The van der Waals surface area contributed by atoms with Gasteiger partial charge >= 0.3 is 0 Å². The molecule has 0 aromatic carbocycles. The number of hydrogen-bond donors (Lipinski definition) is 2. The lowest BCUT2D eigenvalue weighted by molar-refractivity contribution is 0.407. The number of aryl methyl sites for hydroxylation is 1. The number of likely N-dealkylation sites (N-methyl/N-ethyl adjacent to an activating group) is 1. The van der Waals surface area contributed by atoms with Gasteiger partial charge < -0.3 is 10.6 Å². The lowest BCUT2D eigenvalue weighted by Crippen LogP contribution is -2.37. The molecular weight excluding hydrogens is 270 g/mol. The van der Waals surface area contributed by atoms with E-state index in [4.69, 9.17) is 5.73 Å². The zero-order valence-corrected chi connectivity index (χ0v) is 12.3. The fourth-order valence-electron chi connectivity index (χ4n) is 2.30. The van der Waals surface area contributed by atoms with Gasteiger partial charge in [-0.2, -0.15) is 0 Å². The maximum atomic E-state index is 12.4. The van der Waals surface area contributed by atoms with Crippen LogP contribution in [-0.4, -0.2) is 39.5 Å². The van der Waals surface area contributed by atoms with E-state index in [1.54, 1.807) is 0 Å². The molecule has 1 aliphatic heterocycles. The second-order valence-corrected chi connectivity index (χ2v) is 7.36. The minimum Gasteiger partial charge on any atom is -0.326 e. The minimum atomic E-state index is -3.44. The summed E-state index contributed by atoms with van der Waals surface area (Å²) in [6.45, 7) is 3.77. The van der Waals surface area contributed by atoms with Crippen molar-refractivity contribution in [1.82, 2.24) is 9.62 Å². The molecule has 0 bridgehead atoms. The van der Waals surface area contributed by atoms with Crippen LogP contribution in [0.1, 0.15) is 16.9 Å². The molecule has 1 fully saturated rings. The summed E-state index contributed by atoms with van der Waals surface area (Å²) in [5.74, 6) is 0. The Labute approximate surface area is 112 Å². The summed E-state index contributed by atoms with van der Waals surface area (Å²) in [5, 5.41) is 1.84. The smallest absolute Gasteiger partial charge is 0.242 e. The molecule has 1 atom stereocenters.